The number of nitrogens with one attached hydrogen (secondary N) is 1. The zero-order chi connectivity index (χ0) is 30.7. The third-order valence-corrected chi connectivity index (χ3v) is 10.8. The lowest BCUT2D eigenvalue weighted by Crippen LogP contribution is -2.43. The van der Waals surface area contributed by atoms with Gasteiger partial charge in [0.1, 0.15) is 35.6 Å². The number of aromatic amines is 1. The zero-order valence-corrected chi connectivity index (χ0v) is 25.9. The first-order chi connectivity index (χ1) is 21.9. The van der Waals surface area contributed by atoms with E-state index in [1.165, 1.54) is 0 Å². The van der Waals surface area contributed by atoms with Crippen LogP contribution >= 0.6 is 11.6 Å². The summed E-state index contributed by atoms with van der Waals surface area (Å²) < 4.78 is 37.7. The van der Waals surface area contributed by atoms with E-state index in [0.29, 0.717) is 83.8 Å². The second-order valence-electron chi connectivity index (χ2n) is 13.3. The molecule has 9 rings (SSSR count). The largest absolute Gasteiger partial charge is 0.461 e. The van der Waals surface area contributed by atoms with Gasteiger partial charge >= 0.3 is 6.01 Å². The van der Waals surface area contributed by atoms with E-state index in [1.54, 1.807) is 18.5 Å². The third-order valence-electron chi connectivity index (χ3n) is 10.4. The smallest absolute Gasteiger partial charge is 0.319 e. The Labute approximate surface area is 264 Å². The molecule has 6 bridgehead atoms. The van der Waals surface area contributed by atoms with Gasteiger partial charge in [0.05, 0.1) is 22.6 Å². The van der Waals surface area contributed by atoms with Gasteiger partial charge in [0, 0.05) is 61.1 Å². The van der Waals surface area contributed by atoms with E-state index in [2.05, 4.69) is 25.0 Å². The molecule has 4 aromatic rings. The summed E-state index contributed by atoms with van der Waals surface area (Å²) in [5.41, 5.74) is 1.80. The van der Waals surface area contributed by atoms with E-state index in [0.717, 1.165) is 50.8 Å². The van der Waals surface area contributed by atoms with Gasteiger partial charge in [0.25, 0.3) is 0 Å². The molecule has 45 heavy (non-hydrogen) atoms. The van der Waals surface area contributed by atoms with Crippen molar-refractivity contribution < 1.29 is 18.3 Å². The number of benzene rings is 1. The number of alkyl halides is 1. The second kappa shape index (κ2) is 11.4. The number of ether oxygens (including phenoxy) is 1. The minimum atomic E-state index is -0.885. The van der Waals surface area contributed by atoms with Crippen LogP contribution < -0.4 is 9.64 Å². The standard InChI is InChI=1S/C33H36ClF2N7O2/c34-25-12-26-23(15-38-41-26)27-22(25)6-1-5-21(44)8-7-19-4-2-10-42(16-19)31-24-14-37-30(27)28(36)29(24)39-32(40-31)45-18-33-9-3-11-43(33)17-20(35)13-33/h12,14-15,19-20H,1-11,13,16-18H2,(H,38,41)/t19-,20-,33+/m1/s1. The summed E-state index contributed by atoms with van der Waals surface area (Å²) in [6.45, 7) is 2.96. The number of hydrogen-bond acceptors (Lipinski definition) is 8. The fourth-order valence-electron chi connectivity index (χ4n) is 8.21. The van der Waals surface area contributed by atoms with Crippen molar-refractivity contribution in [3.63, 3.8) is 0 Å². The summed E-state index contributed by atoms with van der Waals surface area (Å²) in [5.74, 6) is 0.537. The highest BCUT2D eigenvalue weighted by Crippen LogP contribution is 2.42. The van der Waals surface area contributed by atoms with Gasteiger partial charge in [-0.1, -0.05) is 11.6 Å². The van der Waals surface area contributed by atoms with Crippen LogP contribution in [0.3, 0.4) is 0 Å². The number of ketones is 1. The van der Waals surface area contributed by atoms with Crippen molar-refractivity contribution in [1.82, 2.24) is 30.0 Å². The first-order valence-corrected chi connectivity index (χ1v) is 16.6. The molecule has 9 nitrogen and oxygen atoms in total. The van der Waals surface area contributed by atoms with Crippen molar-refractivity contribution in [3.05, 3.63) is 34.9 Å². The van der Waals surface area contributed by atoms with Crippen molar-refractivity contribution in [2.75, 3.05) is 37.7 Å². The number of hydrogen-bond donors (Lipinski definition) is 1. The van der Waals surface area contributed by atoms with E-state index in [9.17, 15) is 9.18 Å². The van der Waals surface area contributed by atoms with Crippen molar-refractivity contribution >= 4 is 45.0 Å². The van der Waals surface area contributed by atoms with Crippen LogP contribution in [-0.2, 0) is 11.2 Å². The molecule has 0 amide bonds. The number of nitrogens with zero attached hydrogens (tertiary/aromatic N) is 6. The topological polar surface area (TPSA) is 100 Å². The lowest BCUT2D eigenvalue weighted by molar-refractivity contribution is -0.119. The Kier molecular flexibility index (Phi) is 7.36. The van der Waals surface area contributed by atoms with E-state index in [1.807, 2.05) is 0 Å². The van der Waals surface area contributed by atoms with Gasteiger partial charge in [-0.3, -0.25) is 19.8 Å². The molecule has 0 aliphatic carbocycles. The van der Waals surface area contributed by atoms with Crippen LogP contribution in [0.2, 0.25) is 5.02 Å². The van der Waals surface area contributed by atoms with Crippen LogP contribution in [-0.4, -0.2) is 80.3 Å². The quantitative estimate of drug-likeness (QED) is 0.283. The summed E-state index contributed by atoms with van der Waals surface area (Å²) in [5, 5.41) is 8.81. The summed E-state index contributed by atoms with van der Waals surface area (Å²) in [7, 11) is 0. The number of piperidine rings is 1. The Bertz CT molecular complexity index is 1800. The highest BCUT2D eigenvalue weighted by Gasteiger charge is 2.49. The molecule has 1 N–H and O–H groups in total. The minimum absolute atomic E-state index is 0.0790. The van der Waals surface area contributed by atoms with Crippen LogP contribution in [0.25, 0.3) is 33.1 Å². The van der Waals surface area contributed by atoms with E-state index >= 15 is 4.39 Å². The maximum atomic E-state index is 17.0. The SMILES string of the molecule is O=C1CCCc2c(Cl)cc3[nH]ncc3c2-c2ncc3c(nc(OC[C@@]45CCCN4C[C@H](F)C5)nc3c2F)N2CCC[C@H](CC1)C2. The number of carbonyl (C=O) groups is 1. The van der Waals surface area contributed by atoms with Crippen LogP contribution in [0, 0.1) is 11.7 Å². The molecule has 236 valence electrons. The molecule has 5 aliphatic heterocycles. The number of H-pyrrole nitrogens is 1. The number of carbonyl (C=O) groups excluding carboxylic acids is 1. The van der Waals surface area contributed by atoms with Crippen LogP contribution in [0.15, 0.2) is 18.5 Å². The molecule has 3 fully saturated rings. The minimum Gasteiger partial charge on any atom is -0.461 e. The Hall–Kier alpha value is -3.44. The molecule has 12 heteroatoms. The monoisotopic (exact) mass is 635 g/mol. The van der Waals surface area contributed by atoms with Crippen LogP contribution in [0.5, 0.6) is 6.01 Å². The van der Waals surface area contributed by atoms with Crippen molar-refractivity contribution in [3.8, 4) is 17.3 Å². The van der Waals surface area contributed by atoms with E-state index in [4.69, 9.17) is 26.3 Å². The van der Waals surface area contributed by atoms with Crippen molar-refractivity contribution in [2.24, 2.45) is 5.92 Å². The number of aromatic nitrogens is 5. The Morgan fingerprint density at radius 3 is 2.89 bits per heavy atom. The van der Waals surface area contributed by atoms with Crippen molar-refractivity contribution in [2.45, 2.75) is 75.9 Å². The average Bonchev–Trinajstić information content (AvgIpc) is 3.73. The van der Waals surface area contributed by atoms with Crippen LogP contribution in [0.4, 0.5) is 14.6 Å². The molecule has 0 radical (unpaired) electrons. The fraction of sp³-hybridized carbons (Fsp3) is 0.545. The molecular formula is C33H36ClF2N7O2. The highest BCUT2D eigenvalue weighted by molar-refractivity contribution is 6.33. The summed E-state index contributed by atoms with van der Waals surface area (Å²) >= 11 is 6.80. The molecule has 3 aromatic heterocycles. The number of fused-ring (bicyclic) bond motifs is 8. The molecule has 0 spiro atoms. The molecule has 8 heterocycles. The Balaban J connectivity index is 1.29. The maximum absolute atomic E-state index is 17.0. The van der Waals surface area contributed by atoms with Gasteiger partial charge in [-0.05, 0) is 69.0 Å². The first kappa shape index (κ1) is 29.0. The molecule has 5 aliphatic rings. The van der Waals surface area contributed by atoms with E-state index in [-0.39, 0.29) is 35.2 Å². The lowest BCUT2D eigenvalue weighted by atomic mass is 9.90. The summed E-state index contributed by atoms with van der Waals surface area (Å²) in [4.78, 5) is 31.5. The number of Topliss-reactive ketones (excluding diaryl/α,β-unsaturated/α-hetero) is 1. The van der Waals surface area contributed by atoms with E-state index < -0.39 is 12.0 Å². The third kappa shape index (κ3) is 5.12. The molecule has 0 unspecified atom stereocenters. The molecule has 1 aromatic carbocycles. The van der Waals surface area contributed by atoms with Gasteiger partial charge < -0.3 is 9.64 Å². The molecular weight excluding hydrogens is 600 g/mol. The van der Waals surface area contributed by atoms with Gasteiger partial charge in [0.15, 0.2) is 5.82 Å². The molecule has 0 saturated carbocycles. The normalized spacial score (nSPS) is 25.8. The second-order valence-corrected chi connectivity index (χ2v) is 13.7. The van der Waals surface area contributed by atoms with Gasteiger partial charge in [-0.15, -0.1) is 0 Å². The number of halogens is 3. The maximum Gasteiger partial charge on any atom is 0.319 e. The first-order valence-electron chi connectivity index (χ1n) is 16.2. The molecule has 3 atom stereocenters. The average molecular weight is 636 g/mol. The van der Waals surface area contributed by atoms with Crippen LogP contribution in [0.1, 0.15) is 63.4 Å². The number of anilines is 1. The predicted octanol–water partition coefficient (Wildman–Crippen LogP) is 6.22. The summed E-state index contributed by atoms with van der Waals surface area (Å²) in [6, 6.07) is 1.87. The van der Waals surface area contributed by atoms with Gasteiger partial charge in [-0.25, -0.2) is 8.78 Å². The lowest BCUT2D eigenvalue weighted by Gasteiger charge is -2.34. The zero-order valence-electron chi connectivity index (χ0n) is 25.1. The fourth-order valence-corrected chi connectivity index (χ4v) is 8.51. The predicted molar refractivity (Wildman–Crippen MR) is 168 cm³/mol. The van der Waals surface area contributed by atoms with Gasteiger partial charge in [0.2, 0.25) is 0 Å². The number of pyridine rings is 1. The number of rotatable bonds is 3. The molecule has 3 saturated heterocycles. The Morgan fingerprint density at radius 1 is 1.07 bits per heavy atom. The highest BCUT2D eigenvalue weighted by atomic mass is 35.5. The van der Waals surface area contributed by atoms with Crippen molar-refractivity contribution in [1.29, 1.82) is 0 Å². The van der Waals surface area contributed by atoms with Gasteiger partial charge in [-0.2, -0.15) is 15.1 Å². The summed E-state index contributed by atoms with van der Waals surface area (Å²) in [6.07, 6.45) is 9.52. The Morgan fingerprint density at radius 2 is 1.98 bits per heavy atom.